The molecular weight excluding hydrogens is 276 g/mol. The Morgan fingerprint density at radius 2 is 2.21 bits per heavy atom. The quantitative estimate of drug-likeness (QED) is 0.804. The lowest BCUT2D eigenvalue weighted by Crippen LogP contribution is -2.18. The number of hydrogen-bond acceptors (Lipinski definition) is 5. The number of nitrogens with zero attached hydrogens (tertiary/aromatic N) is 3. The van der Waals surface area contributed by atoms with Crippen molar-refractivity contribution in [1.29, 1.82) is 0 Å². The Morgan fingerprint density at radius 3 is 2.84 bits per heavy atom. The van der Waals surface area contributed by atoms with Crippen molar-refractivity contribution >= 4 is 27.6 Å². The molecule has 0 spiro atoms. The van der Waals surface area contributed by atoms with Gasteiger partial charge in [0.2, 0.25) is 0 Å². The fourth-order valence-corrected chi connectivity index (χ4v) is 4.04. The molecule has 1 N–H and O–H groups in total. The van der Waals surface area contributed by atoms with Gasteiger partial charge in [-0.3, -0.25) is 4.40 Å². The molecule has 0 aliphatic heterocycles. The number of hydrogen-bond donors (Lipinski definition) is 1. The first kappa shape index (κ1) is 12.8. The van der Waals surface area contributed by atoms with Crippen LogP contribution in [-0.4, -0.2) is 21.4 Å². The molecule has 0 saturated heterocycles. The lowest BCUT2D eigenvalue weighted by molar-refractivity contribution is 0.591. The maximum Gasteiger partial charge on any atom is 0.193 e. The Labute approximate surface area is 120 Å². The highest BCUT2D eigenvalue weighted by molar-refractivity contribution is 7.15. The lowest BCUT2D eigenvalue weighted by Gasteiger charge is -2.13. The fourth-order valence-electron chi connectivity index (χ4n) is 2.28. The lowest BCUT2D eigenvalue weighted by atomic mass is 10.1. The van der Waals surface area contributed by atoms with Gasteiger partial charge in [-0.05, 0) is 20.9 Å². The zero-order valence-corrected chi connectivity index (χ0v) is 12.8. The van der Waals surface area contributed by atoms with Crippen molar-refractivity contribution in [3.05, 3.63) is 39.0 Å². The van der Waals surface area contributed by atoms with Gasteiger partial charge in [0.25, 0.3) is 0 Å². The number of likely N-dealkylation sites (N-methyl/N-ethyl adjacent to an activating group) is 1. The molecule has 4 nitrogen and oxygen atoms in total. The number of aromatic nitrogens is 3. The highest BCUT2D eigenvalue weighted by Gasteiger charge is 2.18. The van der Waals surface area contributed by atoms with E-state index in [2.05, 4.69) is 45.1 Å². The van der Waals surface area contributed by atoms with Crippen LogP contribution in [0.15, 0.2) is 17.8 Å². The van der Waals surface area contributed by atoms with Crippen molar-refractivity contribution in [2.45, 2.75) is 26.3 Å². The van der Waals surface area contributed by atoms with E-state index in [0.717, 1.165) is 27.8 Å². The van der Waals surface area contributed by atoms with Gasteiger partial charge in [-0.15, -0.1) is 22.7 Å². The smallest absolute Gasteiger partial charge is 0.193 e. The van der Waals surface area contributed by atoms with Crippen LogP contribution < -0.4 is 5.32 Å². The molecule has 100 valence electrons. The fraction of sp³-hybridized carbons (Fsp3) is 0.385. The van der Waals surface area contributed by atoms with Crippen LogP contribution in [0.4, 0.5) is 0 Å². The number of imidazole rings is 1. The van der Waals surface area contributed by atoms with E-state index >= 15 is 0 Å². The summed E-state index contributed by atoms with van der Waals surface area (Å²) >= 11 is 3.44. The van der Waals surface area contributed by atoms with E-state index < -0.39 is 0 Å². The first-order valence-corrected chi connectivity index (χ1v) is 7.89. The van der Waals surface area contributed by atoms with Gasteiger partial charge in [0.05, 0.1) is 16.4 Å². The van der Waals surface area contributed by atoms with Crippen LogP contribution in [0.25, 0.3) is 4.96 Å². The minimum atomic E-state index is 0.288. The molecule has 6 heteroatoms. The SMILES string of the molecule is CNC(Cc1cn2ccsc2n1)c1sc(C)nc1C. The minimum absolute atomic E-state index is 0.288. The summed E-state index contributed by atoms with van der Waals surface area (Å²) < 4.78 is 2.08. The highest BCUT2D eigenvalue weighted by Crippen LogP contribution is 2.27. The van der Waals surface area contributed by atoms with E-state index in [9.17, 15) is 0 Å². The van der Waals surface area contributed by atoms with Crippen LogP contribution in [0.5, 0.6) is 0 Å². The molecule has 0 fully saturated rings. The van der Waals surface area contributed by atoms with Crippen LogP contribution in [-0.2, 0) is 6.42 Å². The van der Waals surface area contributed by atoms with Crippen molar-refractivity contribution in [2.24, 2.45) is 0 Å². The molecule has 19 heavy (non-hydrogen) atoms. The third-order valence-corrected chi connectivity index (χ3v) is 5.12. The first-order valence-electron chi connectivity index (χ1n) is 6.19. The van der Waals surface area contributed by atoms with E-state index in [4.69, 9.17) is 0 Å². The maximum absolute atomic E-state index is 4.65. The number of nitrogens with one attached hydrogen (secondary N) is 1. The van der Waals surface area contributed by atoms with Crippen molar-refractivity contribution in [3.8, 4) is 0 Å². The standard InChI is InChI=1S/C13H16N4S2/c1-8-12(19-9(2)15-8)11(14-3)6-10-7-17-4-5-18-13(17)16-10/h4-5,7,11,14H,6H2,1-3H3. The molecule has 1 unspecified atom stereocenters. The molecule has 3 aromatic rings. The van der Waals surface area contributed by atoms with Crippen molar-refractivity contribution in [2.75, 3.05) is 7.05 Å². The zero-order valence-electron chi connectivity index (χ0n) is 11.2. The topological polar surface area (TPSA) is 42.2 Å². The molecule has 3 heterocycles. The predicted octanol–water partition coefficient (Wildman–Crippen LogP) is 2.97. The molecular formula is C13H16N4S2. The van der Waals surface area contributed by atoms with E-state index in [1.54, 1.807) is 22.7 Å². The van der Waals surface area contributed by atoms with Gasteiger partial charge in [0.15, 0.2) is 4.96 Å². The Hall–Kier alpha value is -1.24. The highest BCUT2D eigenvalue weighted by atomic mass is 32.1. The molecule has 0 saturated carbocycles. The predicted molar refractivity (Wildman–Crippen MR) is 80.2 cm³/mol. The van der Waals surface area contributed by atoms with Gasteiger partial charge >= 0.3 is 0 Å². The largest absolute Gasteiger partial charge is 0.312 e. The Morgan fingerprint density at radius 1 is 1.37 bits per heavy atom. The molecule has 3 rings (SSSR count). The second-order valence-electron chi connectivity index (χ2n) is 4.55. The molecule has 0 bridgehead atoms. The summed E-state index contributed by atoms with van der Waals surface area (Å²) in [5.41, 5.74) is 2.25. The molecule has 0 aliphatic rings. The average Bonchev–Trinajstić information content (AvgIpc) is 3.00. The number of fused-ring (bicyclic) bond motifs is 1. The second-order valence-corrected chi connectivity index (χ2v) is 6.66. The van der Waals surface area contributed by atoms with Crippen molar-refractivity contribution < 1.29 is 0 Å². The third kappa shape index (κ3) is 2.43. The van der Waals surface area contributed by atoms with Crippen molar-refractivity contribution in [3.63, 3.8) is 0 Å². The zero-order chi connectivity index (χ0) is 13.4. The van der Waals surface area contributed by atoms with Crippen LogP contribution in [0, 0.1) is 13.8 Å². The monoisotopic (exact) mass is 292 g/mol. The normalized spacial score (nSPS) is 13.2. The molecule has 3 aromatic heterocycles. The molecule has 0 aliphatic carbocycles. The Bertz CT molecular complexity index is 666. The van der Waals surface area contributed by atoms with E-state index in [-0.39, 0.29) is 6.04 Å². The summed E-state index contributed by atoms with van der Waals surface area (Å²) in [4.78, 5) is 11.5. The van der Waals surface area contributed by atoms with Crippen LogP contribution in [0.1, 0.15) is 27.3 Å². The van der Waals surface area contributed by atoms with Gasteiger partial charge in [-0.2, -0.15) is 0 Å². The number of rotatable bonds is 4. The molecule has 1 atom stereocenters. The van der Waals surface area contributed by atoms with Gasteiger partial charge < -0.3 is 5.32 Å². The summed E-state index contributed by atoms with van der Waals surface area (Å²) in [6.45, 7) is 4.13. The van der Waals surface area contributed by atoms with E-state index in [1.165, 1.54) is 4.88 Å². The summed E-state index contributed by atoms with van der Waals surface area (Å²) in [7, 11) is 2.00. The minimum Gasteiger partial charge on any atom is -0.312 e. The maximum atomic E-state index is 4.65. The van der Waals surface area contributed by atoms with Crippen LogP contribution in [0.2, 0.25) is 0 Å². The van der Waals surface area contributed by atoms with Gasteiger partial charge in [0.1, 0.15) is 0 Å². The van der Waals surface area contributed by atoms with Gasteiger partial charge in [-0.25, -0.2) is 9.97 Å². The molecule has 0 amide bonds. The van der Waals surface area contributed by atoms with Gasteiger partial charge in [-0.1, -0.05) is 0 Å². The summed E-state index contributed by atoms with van der Waals surface area (Å²) in [5.74, 6) is 0. The summed E-state index contributed by atoms with van der Waals surface area (Å²) in [6.07, 6.45) is 5.06. The van der Waals surface area contributed by atoms with Crippen LogP contribution >= 0.6 is 22.7 Å². The average molecular weight is 292 g/mol. The van der Waals surface area contributed by atoms with Crippen molar-refractivity contribution in [1.82, 2.24) is 19.7 Å². The second kappa shape index (κ2) is 5.03. The van der Waals surface area contributed by atoms with E-state index in [0.29, 0.717) is 0 Å². The summed E-state index contributed by atoms with van der Waals surface area (Å²) in [6, 6.07) is 0.288. The number of aryl methyl sites for hydroxylation is 2. The first-order chi connectivity index (χ1) is 9.17. The summed E-state index contributed by atoms with van der Waals surface area (Å²) in [5, 5.41) is 6.56. The van der Waals surface area contributed by atoms with Gasteiger partial charge in [0, 0.05) is 35.1 Å². The van der Waals surface area contributed by atoms with E-state index in [1.807, 2.05) is 13.2 Å². The molecule has 0 aromatic carbocycles. The van der Waals surface area contributed by atoms with Crippen LogP contribution in [0.3, 0.4) is 0 Å². The Balaban J connectivity index is 1.87. The Kier molecular flexibility index (Phi) is 3.38. The third-order valence-electron chi connectivity index (χ3n) is 3.16. The molecule has 0 radical (unpaired) electrons. The number of thiazole rings is 2.